The SMILES string of the molecule is CCCC(NC(C)CCOC)c1ccc(Cl)cc1. The van der Waals surface area contributed by atoms with Crippen molar-refractivity contribution in [2.75, 3.05) is 13.7 Å². The summed E-state index contributed by atoms with van der Waals surface area (Å²) in [5, 5.41) is 4.46. The van der Waals surface area contributed by atoms with Crippen LogP contribution in [0.5, 0.6) is 0 Å². The highest BCUT2D eigenvalue weighted by atomic mass is 35.5. The van der Waals surface area contributed by atoms with E-state index in [0.29, 0.717) is 12.1 Å². The van der Waals surface area contributed by atoms with E-state index in [-0.39, 0.29) is 0 Å². The summed E-state index contributed by atoms with van der Waals surface area (Å²) < 4.78 is 5.12. The molecule has 102 valence electrons. The van der Waals surface area contributed by atoms with Crippen molar-refractivity contribution in [3.8, 4) is 0 Å². The van der Waals surface area contributed by atoms with Crippen LogP contribution in [-0.2, 0) is 4.74 Å². The number of ether oxygens (including phenoxy) is 1. The first-order valence-corrected chi connectivity index (χ1v) is 7.05. The smallest absolute Gasteiger partial charge is 0.0476 e. The fraction of sp³-hybridized carbons (Fsp3) is 0.600. The Morgan fingerprint density at radius 3 is 2.44 bits per heavy atom. The van der Waals surface area contributed by atoms with Gasteiger partial charge in [0.1, 0.15) is 0 Å². The van der Waals surface area contributed by atoms with E-state index >= 15 is 0 Å². The Bertz CT molecular complexity index is 326. The van der Waals surface area contributed by atoms with Gasteiger partial charge in [0.2, 0.25) is 0 Å². The molecule has 0 radical (unpaired) electrons. The molecular formula is C15H24ClNO. The van der Waals surface area contributed by atoms with Crippen molar-refractivity contribution in [2.45, 2.75) is 45.2 Å². The highest BCUT2D eigenvalue weighted by molar-refractivity contribution is 6.30. The average molecular weight is 270 g/mol. The Morgan fingerprint density at radius 2 is 1.89 bits per heavy atom. The maximum atomic E-state index is 5.93. The number of halogens is 1. The second kappa shape index (κ2) is 8.52. The molecule has 2 unspecified atom stereocenters. The monoisotopic (exact) mass is 269 g/mol. The maximum absolute atomic E-state index is 5.93. The molecule has 2 atom stereocenters. The van der Waals surface area contributed by atoms with Crippen molar-refractivity contribution in [2.24, 2.45) is 0 Å². The van der Waals surface area contributed by atoms with Gasteiger partial charge < -0.3 is 10.1 Å². The van der Waals surface area contributed by atoms with Gasteiger partial charge >= 0.3 is 0 Å². The number of nitrogens with one attached hydrogen (secondary N) is 1. The van der Waals surface area contributed by atoms with E-state index in [1.807, 2.05) is 12.1 Å². The molecule has 0 aliphatic heterocycles. The van der Waals surface area contributed by atoms with Gasteiger partial charge in [0.25, 0.3) is 0 Å². The van der Waals surface area contributed by atoms with Crippen LogP contribution in [0.3, 0.4) is 0 Å². The van der Waals surface area contributed by atoms with Gasteiger partial charge in [0.15, 0.2) is 0 Å². The highest BCUT2D eigenvalue weighted by Gasteiger charge is 2.13. The standard InChI is InChI=1S/C15H24ClNO/c1-4-5-15(17-12(2)10-11-18-3)13-6-8-14(16)9-7-13/h6-9,12,15,17H,4-5,10-11H2,1-3H3. The second-order valence-corrected chi connectivity index (χ2v) is 5.18. The largest absolute Gasteiger partial charge is 0.385 e. The molecule has 2 nitrogen and oxygen atoms in total. The van der Waals surface area contributed by atoms with Crippen molar-refractivity contribution < 1.29 is 4.74 Å². The van der Waals surface area contributed by atoms with E-state index in [9.17, 15) is 0 Å². The molecule has 0 saturated heterocycles. The molecule has 18 heavy (non-hydrogen) atoms. The highest BCUT2D eigenvalue weighted by Crippen LogP contribution is 2.21. The van der Waals surface area contributed by atoms with Crippen molar-refractivity contribution in [3.05, 3.63) is 34.9 Å². The van der Waals surface area contributed by atoms with Gasteiger partial charge in [-0.05, 0) is 37.5 Å². The van der Waals surface area contributed by atoms with Crippen LogP contribution in [0, 0.1) is 0 Å². The third-order valence-corrected chi connectivity index (χ3v) is 3.34. The van der Waals surface area contributed by atoms with Crippen molar-refractivity contribution >= 4 is 11.6 Å². The quantitative estimate of drug-likeness (QED) is 0.764. The van der Waals surface area contributed by atoms with Crippen molar-refractivity contribution in [1.29, 1.82) is 0 Å². The van der Waals surface area contributed by atoms with E-state index in [0.717, 1.165) is 30.9 Å². The lowest BCUT2D eigenvalue weighted by molar-refractivity contribution is 0.182. The van der Waals surface area contributed by atoms with Gasteiger partial charge in [-0.1, -0.05) is 37.1 Å². The third kappa shape index (κ3) is 5.38. The summed E-state index contributed by atoms with van der Waals surface area (Å²) in [4.78, 5) is 0. The lowest BCUT2D eigenvalue weighted by atomic mass is 10.0. The predicted molar refractivity (Wildman–Crippen MR) is 78.2 cm³/mol. The van der Waals surface area contributed by atoms with E-state index in [1.54, 1.807) is 7.11 Å². The zero-order valence-electron chi connectivity index (χ0n) is 11.6. The molecule has 0 spiro atoms. The van der Waals surface area contributed by atoms with Crippen LogP contribution in [0.15, 0.2) is 24.3 Å². The molecule has 0 heterocycles. The summed E-state index contributed by atoms with van der Waals surface area (Å²) in [7, 11) is 1.75. The van der Waals surface area contributed by atoms with Crippen LogP contribution in [-0.4, -0.2) is 19.8 Å². The number of rotatable bonds is 8. The van der Waals surface area contributed by atoms with Crippen LogP contribution in [0.25, 0.3) is 0 Å². The Kier molecular flexibility index (Phi) is 7.33. The van der Waals surface area contributed by atoms with Gasteiger partial charge in [-0.15, -0.1) is 0 Å². The van der Waals surface area contributed by atoms with Gasteiger partial charge in [0.05, 0.1) is 0 Å². The molecule has 1 aromatic carbocycles. The lowest BCUT2D eigenvalue weighted by Crippen LogP contribution is -2.31. The number of hydrogen-bond acceptors (Lipinski definition) is 2. The number of benzene rings is 1. The molecule has 0 aliphatic rings. The van der Waals surface area contributed by atoms with Crippen LogP contribution in [0.4, 0.5) is 0 Å². The molecule has 1 N–H and O–H groups in total. The summed E-state index contributed by atoms with van der Waals surface area (Å²) in [6.45, 7) is 5.22. The van der Waals surface area contributed by atoms with Crippen molar-refractivity contribution in [3.63, 3.8) is 0 Å². The summed E-state index contributed by atoms with van der Waals surface area (Å²) in [5.74, 6) is 0. The zero-order valence-corrected chi connectivity index (χ0v) is 12.3. The summed E-state index contributed by atoms with van der Waals surface area (Å²) >= 11 is 5.93. The van der Waals surface area contributed by atoms with Crippen LogP contribution in [0.1, 0.15) is 44.7 Å². The zero-order chi connectivity index (χ0) is 13.4. The van der Waals surface area contributed by atoms with E-state index in [1.165, 1.54) is 5.56 Å². The topological polar surface area (TPSA) is 21.3 Å². The summed E-state index contributed by atoms with van der Waals surface area (Å²) in [5.41, 5.74) is 1.31. The Balaban J connectivity index is 2.61. The first-order chi connectivity index (χ1) is 8.67. The van der Waals surface area contributed by atoms with E-state index in [4.69, 9.17) is 16.3 Å². The van der Waals surface area contributed by atoms with E-state index < -0.39 is 0 Å². The number of hydrogen-bond donors (Lipinski definition) is 1. The first-order valence-electron chi connectivity index (χ1n) is 6.67. The molecule has 0 aliphatic carbocycles. The normalized spacial score (nSPS) is 14.4. The Hall–Kier alpha value is -0.570. The Morgan fingerprint density at radius 1 is 1.22 bits per heavy atom. The van der Waals surface area contributed by atoms with Crippen LogP contribution < -0.4 is 5.32 Å². The van der Waals surface area contributed by atoms with Gasteiger partial charge in [-0.25, -0.2) is 0 Å². The number of methoxy groups -OCH3 is 1. The molecule has 0 fully saturated rings. The molecule has 1 rings (SSSR count). The minimum Gasteiger partial charge on any atom is -0.385 e. The van der Waals surface area contributed by atoms with Crippen molar-refractivity contribution in [1.82, 2.24) is 5.32 Å². The maximum Gasteiger partial charge on any atom is 0.0476 e. The molecular weight excluding hydrogens is 246 g/mol. The molecule has 0 aromatic heterocycles. The van der Waals surface area contributed by atoms with Gasteiger partial charge in [-0.3, -0.25) is 0 Å². The molecule has 0 bridgehead atoms. The molecule has 0 saturated carbocycles. The molecule has 1 aromatic rings. The van der Waals surface area contributed by atoms with Gasteiger partial charge in [0, 0.05) is 30.8 Å². The average Bonchev–Trinajstić information content (AvgIpc) is 2.37. The summed E-state index contributed by atoms with van der Waals surface area (Å²) in [6.07, 6.45) is 3.33. The van der Waals surface area contributed by atoms with Crippen LogP contribution in [0.2, 0.25) is 5.02 Å². The van der Waals surface area contributed by atoms with Crippen LogP contribution >= 0.6 is 11.6 Å². The predicted octanol–water partition coefficient (Wildman–Crippen LogP) is 4.20. The Labute approximate surface area is 116 Å². The minimum absolute atomic E-state index is 0.402. The molecule has 0 amide bonds. The lowest BCUT2D eigenvalue weighted by Gasteiger charge is -2.23. The summed E-state index contributed by atoms with van der Waals surface area (Å²) in [6, 6.07) is 9.00. The van der Waals surface area contributed by atoms with E-state index in [2.05, 4.69) is 31.3 Å². The second-order valence-electron chi connectivity index (χ2n) is 4.74. The molecule has 3 heteroatoms. The minimum atomic E-state index is 0.402. The third-order valence-electron chi connectivity index (χ3n) is 3.09. The fourth-order valence-corrected chi connectivity index (χ4v) is 2.18. The fourth-order valence-electron chi connectivity index (χ4n) is 2.05. The first kappa shape index (κ1) is 15.5. The van der Waals surface area contributed by atoms with Gasteiger partial charge in [-0.2, -0.15) is 0 Å².